The number of amides is 2. The maximum Gasteiger partial charge on any atom is 0.326 e. The van der Waals surface area contributed by atoms with Crippen LogP contribution in [0.1, 0.15) is 52.4 Å². The SMILES string of the molecule is CCC(=O)NC(CCC(=O)NCCCCC(NC)C(C)=O)C(=O)O. The zero-order valence-electron chi connectivity index (χ0n) is 14.7. The van der Waals surface area contributed by atoms with Gasteiger partial charge in [-0.05, 0) is 39.7 Å². The van der Waals surface area contributed by atoms with Gasteiger partial charge in [0, 0.05) is 19.4 Å². The van der Waals surface area contributed by atoms with Crippen molar-refractivity contribution in [3.63, 3.8) is 0 Å². The molecule has 138 valence electrons. The van der Waals surface area contributed by atoms with Crippen molar-refractivity contribution in [2.75, 3.05) is 13.6 Å². The number of ketones is 1. The standard InChI is InChI=1S/C16H29N3O5/c1-4-14(21)19-13(16(23)24)8-9-15(22)18-10-6-5-7-12(17-3)11(2)20/h12-13,17H,4-10H2,1-3H3,(H,18,22)(H,19,21)(H,23,24). The van der Waals surface area contributed by atoms with Gasteiger partial charge < -0.3 is 21.1 Å². The molecule has 0 aromatic carbocycles. The van der Waals surface area contributed by atoms with Crippen LogP contribution in [0.3, 0.4) is 0 Å². The van der Waals surface area contributed by atoms with E-state index in [0.717, 1.165) is 12.8 Å². The number of carboxylic acids is 1. The summed E-state index contributed by atoms with van der Waals surface area (Å²) >= 11 is 0. The van der Waals surface area contributed by atoms with Crippen LogP contribution in [0.4, 0.5) is 0 Å². The summed E-state index contributed by atoms with van der Waals surface area (Å²) in [5.74, 6) is -1.65. The molecule has 0 heterocycles. The van der Waals surface area contributed by atoms with Gasteiger partial charge in [-0.25, -0.2) is 4.79 Å². The molecular weight excluding hydrogens is 314 g/mol. The van der Waals surface area contributed by atoms with E-state index in [1.54, 1.807) is 20.9 Å². The highest BCUT2D eigenvalue weighted by molar-refractivity contribution is 5.84. The summed E-state index contributed by atoms with van der Waals surface area (Å²) in [7, 11) is 1.74. The lowest BCUT2D eigenvalue weighted by molar-refractivity contribution is -0.142. The number of unbranched alkanes of at least 4 members (excludes halogenated alkanes) is 1. The van der Waals surface area contributed by atoms with Crippen molar-refractivity contribution in [1.29, 1.82) is 0 Å². The summed E-state index contributed by atoms with van der Waals surface area (Å²) in [6, 6.07) is -1.20. The normalized spacial score (nSPS) is 13.0. The van der Waals surface area contributed by atoms with Gasteiger partial charge in [-0.15, -0.1) is 0 Å². The first-order chi connectivity index (χ1) is 11.3. The highest BCUT2D eigenvalue weighted by atomic mass is 16.4. The van der Waals surface area contributed by atoms with E-state index in [0.29, 0.717) is 13.0 Å². The van der Waals surface area contributed by atoms with Crippen LogP contribution in [0.2, 0.25) is 0 Å². The molecule has 2 unspecified atom stereocenters. The Labute approximate surface area is 142 Å². The summed E-state index contributed by atoms with van der Waals surface area (Å²) in [6.45, 7) is 3.65. The number of rotatable bonds is 13. The Bertz CT molecular complexity index is 439. The third-order valence-electron chi connectivity index (χ3n) is 3.70. The highest BCUT2D eigenvalue weighted by Gasteiger charge is 2.20. The van der Waals surface area contributed by atoms with Gasteiger partial charge >= 0.3 is 5.97 Å². The van der Waals surface area contributed by atoms with Crippen LogP contribution in [-0.4, -0.2) is 54.3 Å². The Morgan fingerprint density at radius 2 is 1.67 bits per heavy atom. The molecule has 0 bridgehead atoms. The second-order valence-corrected chi connectivity index (χ2v) is 5.65. The molecule has 2 atom stereocenters. The van der Waals surface area contributed by atoms with E-state index in [1.807, 2.05) is 0 Å². The maximum absolute atomic E-state index is 11.7. The number of hydrogen-bond acceptors (Lipinski definition) is 5. The molecule has 0 spiro atoms. The molecule has 0 saturated carbocycles. The van der Waals surface area contributed by atoms with Gasteiger partial charge in [-0.2, -0.15) is 0 Å². The molecule has 0 radical (unpaired) electrons. The lowest BCUT2D eigenvalue weighted by atomic mass is 10.1. The second-order valence-electron chi connectivity index (χ2n) is 5.65. The third-order valence-corrected chi connectivity index (χ3v) is 3.70. The van der Waals surface area contributed by atoms with Crippen LogP contribution in [0, 0.1) is 0 Å². The number of hydrogen-bond donors (Lipinski definition) is 4. The van der Waals surface area contributed by atoms with E-state index in [-0.39, 0.29) is 42.9 Å². The van der Waals surface area contributed by atoms with E-state index >= 15 is 0 Å². The number of carboxylic acid groups (broad SMARTS) is 1. The number of likely N-dealkylation sites (N-methyl/N-ethyl adjacent to an activating group) is 1. The van der Waals surface area contributed by atoms with Crippen molar-refractivity contribution in [3.05, 3.63) is 0 Å². The average molecular weight is 343 g/mol. The van der Waals surface area contributed by atoms with Gasteiger partial charge in [0.25, 0.3) is 0 Å². The Kier molecular flexibility index (Phi) is 11.4. The average Bonchev–Trinajstić information content (AvgIpc) is 2.53. The van der Waals surface area contributed by atoms with E-state index in [9.17, 15) is 19.2 Å². The van der Waals surface area contributed by atoms with Crippen molar-refractivity contribution >= 4 is 23.6 Å². The Morgan fingerprint density at radius 3 is 2.17 bits per heavy atom. The quantitative estimate of drug-likeness (QED) is 0.354. The molecule has 0 rings (SSSR count). The van der Waals surface area contributed by atoms with E-state index < -0.39 is 12.0 Å². The minimum Gasteiger partial charge on any atom is -0.480 e. The predicted molar refractivity (Wildman–Crippen MR) is 89.5 cm³/mol. The van der Waals surface area contributed by atoms with Gasteiger partial charge in [0.05, 0.1) is 6.04 Å². The first kappa shape index (κ1) is 22.0. The first-order valence-electron chi connectivity index (χ1n) is 8.28. The van der Waals surface area contributed by atoms with Crippen molar-refractivity contribution in [2.45, 2.75) is 64.5 Å². The van der Waals surface area contributed by atoms with Gasteiger partial charge in [0.1, 0.15) is 11.8 Å². The second kappa shape index (κ2) is 12.5. The summed E-state index contributed by atoms with van der Waals surface area (Å²) in [5.41, 5.74) is 0. The van der Waals surface area contributed by atoms with Crippen LogP contribution < -0.4 is 16.0 Å². The monoisotopic (exact) mass is 343 g/mol. The molecule has 0 aliphatic carbocycles. The van der Waals surface area contributed by atoms with E-state index in [2.05, 4.69) is 16.0 Å². The minimum atomic E-state index is -1.15. The van der Waals surface area contributed by atoms with Crippen molar-refractivity contribution < 1.29 is 24.3 Å². The molecule has 2 amide bonds. The fourth-order valence-corrected chi connectivity index (χ4v) is 2.17. The maximum atomic E-state index is 11.7. The molecule has 4 N–H and O–H groups in total. The Hall–Kier alpha value is -1.96. The summed E-state index contributed by atoms with van der Waals surface area (Å²) in [5, 5.41) is 17.0. The highest BCUT2D eigenvalue weighted by Crippen LogP contribution is 2.02. The van der Waals surface area contributed by atoms with Crippen molar-refractivity contribution in [1.82, 2.24) is 16.0 Å². The van der Waals surface area contributed by atoms with Crippen LogP contribution >= 0.6 is 0 Å². The molecule has 24 heavy (non-hydrogen) atoms. The topological polar surface area (TPSA) is 125 Å². The smallest absolute Gasteiger partial charge is 0.326 e. The summed E-state index contributed by atoms with van der Waals surface area (Å²) in [4.78, 5) is 45.2. The van der Waals surface area contributed by atoms with Crippen molar-refractivity contribution in [3.8, 4) is 0 Å². The largest absolute Gasteiger partial charge is 0.480 e. The summed E-state index contributed by atoms with van der Waals surface area (Å²) in [6.07, 6.45) is 2.55. The van der Waals surface area contributed by atoms with Gasteiger partial charge in [-0.1, -0.05) is 6.92 Å². The molecule has 0 aliphatic rings. The van der Waals surface area contributed by atoms with Crippen molar-refractivity contribution in [2.24, 2.45) is 0 Å². The fraction of sp³-hybridized carbons (Fsp3) is 0.750. The zero-order chi connectivity index (χ0) is 18.5. The molecule has 0 aromatic rings. The fourth-order valence-electron chi connectivity index (χ4n) is 2.17. The molecule has 0 aromatic heterocycles. The zero-order valence-corrected chi connectivity index (χ0v) is 14.7. The predicted octanol–water partition coefficient (Wildman–Crippen LogP) is 0.210. The molecule has 0 saturated heterocycles. The third kappa shape index (κ3) is 9.94. The first-order valence-corrected chi connectivity index (χ1v) is 8.28. The van der Waals surface area contributed by atoms with Gasteiger partial charge in [0.15, 0.2) is 0 Å². The number of carbonyl (C=O) groups is 4. The van der Waals surface area contributed by atoms with Crippen LogP contribution in [-0.2, 0) is 19.2 Å². The lowest BCUT2D eigenvalue weighted by Crippen LogP contribution is -2.41. The number of aliphatic carboxylic acids is 1. The number of nitrogens with one attached hydrogen (secondary N) is 3. The Morgan fingerprint density at radius 1 is 1.00 bits per heavy atom. The van der Waals surface area contributed by atoms with Gasteiger partial charge in [-0.3, -0.25) is 14.4 Å². The molecule has 0 aliphatic heterocycles. The van der Waals surface area contributed by atoms with E-state index in [1.165, 1.54) is 0 Å². The summed E-state index contributed by atoms with van der Waals surface area (Å²) < 4.78 is 0. The minimum absolute atomic E-state index is 0.0353. The molecule has 0 fully saturated rings. The number of Topliss-reactive ketones (excluding diaryl/α,β-unsaturated/α-hetero) is 1. The van der Waals surface area contributed by atoms with Crippen LogP contribution in [0.5, 0.6) is 0 Å². The van der Waals surface area contributed by atoms with Crippen LogP contribution in [0.15, 0.2) is 0 Å². The number of carbonyl (C=O) groups excluding carboxylic acids is 3. The Balaban J connectivity index is 3.94. The van der Waals surface area contributed by atoms with Crippen LogP contribution in [0.25, 0.3) is 0 Å². The van der Waals surface area contributed by atoms with E-state index in [4.69, 9.17) is 5.11 Å². The van der Waals surface area contributed by atoms with Gasteiger partial charge in [0.2, 0.25) is 11.8 Å². The lowest BCUT2D eigenvalue weighted by Gasteiger charge is -2.14. The molecule has 8 heteroatoms. The molecular formula is C16H29N3O5. The molecule has 8 nitrogen and oxygen atoms in total.